The van der Waals surface area contributed by atoms with Crippen LogP contribution in [0.1, 0.15) is 31.9 Å². The summed E-state index contributed by atoms with van der Waals surface area (Å²) in [5.74, 6) is 0.175. The lowest BCUT2D eigenvalue weighted by molar-refractivity contribution is 0.570. The summed E-state index contributed by atoms with van der Waals surface area (Å²) in [6, 6.07) is 8.41. The van der Waals surface area contributed by atoms with Gasteiger partial charge in [0.05, 0.1) is 5.75 Å². The van der Waals surface area contributed by atoms with Gasteiger partial charge in [-0.1, -0.05) is 25.1 Å². The van der Waals surface area contributed by atoms with Crippen LogP contribution in [0.3, 0.4) is 0 Å². The van der Waals surface area contributed by atoms with Crippen LogP contribution in [-0.4, -0.2) is 40.6 Å². The lowest BCUT2D eigenvalue weighted by Gasteiger charge is -2.25. The molecule has 0 saturated heterocycles. The third-order valence-corrected chi connectivity index (χ3v) is 4.24. The minimum Gasteiger partial charge on any atom is -0.373 e. The molecule has 20 heavy (non-hydrogen) atoms. The van der Waals surface area contributed by atoms with Gasteiger partial charge in [0.2, 0.25) is 0 Å². The molecule has 1 aromatic carbocycles. The van der Waals surface area contributed by atoms with Crippen molar-refractivity contribution in [1.29, 1.82) is 0 Å². The number of para-hydroxylation sites is 1. The molecule has 0 aromatic heterocycles. The van der Waals surface area contributed by atoms with Gasteiger partial charge in [0.1, 0.15) is 9.84 Å². The Kier molecular flexibility index (Phi) is 6.49. The Balaban J connectivity index is 2.83. The number of hydrogen-bond donors (Lipinski definition) is 1. The van der Waals surface area contributed by atoms with E-state index in [0.717, 1.165) is 18.7 Å². The van der Waals surface area contributed by atoms with Crippen molar-refractivity contribution in [2.75, 3.05) is 37.0 Å². The molecule has 0 aliphatic carbocycles. The van der Waals surface area contributed by atoms with E-state index in [0.29, 0.717) is 6.54 Å². The fourth-order valence-corrected chi connectivity index (χ4v) is 2.70. The molecule has 114 valence electrons. The van der Waals surface area contributed by atoms with Crippen molar-refractivity contribution in [2.45, 2.75) is 26.3 Å². The number of nitrogens with one attached hydrogen (secondary N) is 1. The average molecular weight is 298 g/mol. The van der Waals surface area contributed by atoms with Crippen molar-refractivity contribution in [3.8, 4) is 0 Å². The van der Waals surface area contributed by atoms with E-state index in [1.54, 1.807) is 0 Å². The molecule has 1 unspecified atom stereocenters. The predicted octanol–water partition coefficient (Wildman–Crippen LogP) is 2.23. The molecule has 0 aliphatic rings. The van der Waals surface area contributed by atoms with Gasteiger partial charge >= 0.3 is 0 Å². The van der Waals surface area contributed by atoms with Gasteiger partial charge in [-0.25, -0.2) is 8.42 Å². The molecule has 0 spiro atoms. The van der Waals surface area contributed by atoms with E-state index < -0.39 is 9.84 Å². The number of nitrogens with zero attached hydrogens (tertiary/aromatic N) is 1. The highest BCUT2D eigenvalue weighted by Gasteiger charge is 2.13. The zero-order valence-electron chi connectivity index (χ0n) is 12.9. The predicted molar refractivity (Wildman–Crippen MR) is 86.1 cm³/mol. The minimum absolute atomic E-state index is 0.175. The molecule has 1 rings (SSSR count). The number of sulfone groups is 1. The molecule has 1 atom stereocenters. The Morgan fingerprint density at radius 2 is 1.95 bits per heavy atom. The Hall–Kier alpha value is -1.07. The first-order valence-electron chi connectivity index (χ1n) is 7.06. The van der Waals surface area contributed by atoms with E-state index in [-0.39, 0.29) is 11.8 Å². The summed E-state index contributed by atoms with van der Waals surface area (Å²) in [6.07, 6.45) is 2.37. The Labute approximate surface area is 123 Å². The first kappa shape index (κ1) is 17.0. The van der Waals surface area contributed by atoms with E-state index in [2.05, 4.69) is 25.2 Å². The fraction of sp³-hybridized carbons (Fsp3) is 0.600. The lowest BCUT2D eigenvalue weighted by Crippen LogP contribution is -2.28. The molecular formula is C15H26N2O2S. The highest BCUT2D eigenvalue weighted by atomic mass is 32.2. The van der Waals surface area contributed by atoms with E-state index in [1.165, 1.54) is 11.8 Å². The Morgan fingerprint density at radius 1 is 1.30 bits per heavy atom. The molecule has 5 heteroatoms. The molecule has 1 N–H and O–H groups in total. The summed E-state index contributed by atoms with van der Waals surface area (Å²) >= 11 is 0. The van der Waals surface area contributed by atoms with Crippen LogP contribution in [0.4, 0.5) is 5.69 Å². The maximum Gasteiger partial charge on any atom is 0.149 e. The fourth-order valence-electron chi connectivity index (χ4n) is 2.10. The standard InChI is InChI=1S/C15H26N2O2S/c1-5-10-16-13(2)14-8-6-7-9-15(14)17(3)11-12-20(4,18)19/h6-9,13,16H,5,10-12H2,1-4H3. The van der Waals surface area contributed by atoms with Gasteiger partial charge in [0.15, 0.2) is 0 Å². The molecule has 1 aromatic rings. The summed E-state index contributed by atoms with van der Waals surface area (Å²) in [5.41, 5.74) is 2.30. The average Bonchev–Trinajstić information content (AvgIpc) is 2.41. The molecule has 0 amide bonds. The van der Waals surface area contributed by atoms with Gasteiger partial charge in [-0.05, 0) is 31.5 Å². The summed E-state index contributed by atoms with van der Waals surface area (Å²) < 4.78 is 22.6. The van der Waals surface area contributed by atoms with Crippen LogP contribution in [0, 0.1) is 0 Å². The van der Waals surface area contributed by atoms with Crippen LogP contribution < -0.4 is 10.2 Å². The second-order valence-electron chi connectivity index (χ2n) is 5.29. The van der Waals surface area contributed by atoms with Crippen molar-refractivity contribution in [2.24, 2.45) is 0 Å². The molecule has 0 radical (unpaired) electrons. The number of anilines is 1. The van der Waals surface area contributed by atoms with Gasteiger partial charge in [0.25, 0.3) is 0 Å². The highest BCUT2D eigenvalue weighted by molar-refractivity contribution is 7.90. The molecule has 4 nitrogen and oxygen atoms in total. The smallest absolute Gasteiger partial charge is 0.149 e. The second kappa shape index (κ2) is 7.64. The van der Waals surface area contributed by atoms with Crippen molar-refractivity contribution in [3.05, 3.63) is 29.8 Å². The van der Waals surface area contributed by atoms with E-state index in [9.17, 15) is 8.42 Å². The van der Waals surface area contributed by atoms with Crippen molar-refractivity contribution < 1.29 is 8.42 Å². The van der Waals surface area contributed by atoms with Gasteiger partial charge in [0, 0.05) is 31.6 Å². The first-order chi connectivity index (χ1) is 9.35. The van der Waals surface area contributed by atoms with E-state index >= 15 is 0 Å². The normalized spacial score (nSPS) is 13.2. The molecule has 0 aliphatic heterocycles. The van der Waals surface area contributed by atoms with Crippen LogP contribution in [0.25, 0.3) is 0 Å². The maximum atomic E-state index is 11.3. The van der Waals surface area contributed by atoms with Gasteiger partial charge in [-0.3, -0.25) is 0 Å². The lowest BCUT2D eigenvalue weighted by atomic mass is 10.1. The quantitative estimate of drug-likeness (QED) is 0.799. The topological polar surface area (TPSA) is 49.4 Å². The van der Waals surface area contributed by atoms with Crippen LogP contribution in [-0.2, 0) is 9.84 Å². The van der Waals surface area contributed by atoms with Crippen LogP contribution in [0.15, 0.2) is 24.3 Å². The van der Waals surface area contributed by atoms with Gasteiger partial charge in [-0.2, -0.15) is 0 Å². The highest BCUT2D eigenvalue weighted by Crippen LogP contribution is 2.25. The Morgan fingerprint density at radius 3 is 2.55 bits per heavy atom. The SMILES string of the molecule is CCCNC(C)c1ccccc1N(C)CCS(C)(=O)=O. The molecule has 0 fully saturated rings. The third-order valence-electron chi connectivity index (χ3n) is 3.31. The largest absolute Gasteiger partial charge is 0.373 e. The zero-order valence-corrected chi connectivity index (χ0v) is 13.7. The number of hydrogen-bond acceptors (Lipinski definition) is 4. The molecule has 0 heterocycles. The molecular weight excluding hydrogens is 272 g/mol. The van der Waals surface area contributed by atoms with Gasteiger partial charge < -0.3 is 10.2 Å². The number of benzene rings is 1. The van der Waals surface area contributed by atoms with Crippen LogP contribution >= 0.6 is 0 Å². The van der Waals surface area contributed by atoms with Crippen LogP contribution in [0.2, 0.25) is 0 Å². The summed E-state index contributed by atoms with van der Waals surface area (Å²) in [5, 5.41) is 3.47. The summed E-state index contributed by atoms with van der Waals surface area (Å²) in [4.78, 5) is 2.01. The minimum atomic E-state index is -2.93. The van der Waals surface area contributed by atoms with E-state index in [1.807, 2.05) is 30.1 Å². The van der Waals surface area contributed by atoms with Crippen molar-refractivity contribution >= 4 is 15.5 Å². The molecule has 0 bridgehead atoms. The van der Waals surface area contributed by atoms with Gasteiger partial charge in [-0.15, -0.1) is 0 Å². The Bertz CT molecular complexity index is 514. The summed E-state index contributed by atoms with van der Waals surface area (Å²) in [6.45, 7) is 5.77. The van der Waals surface area contributed by atoms with Crippen LogP contribution in [0.5, 0.6) is 0 Å². The zero-order chi connectivity index (χ0) is 15.2. The van der Waals surface area contributed by atoms with Crippen molar-refractivity contribution in [1.82, 2.24) is 5.32 Å². The van der Waals surface area contributed by atoms with Crippen molar-refractivity contribution in [3.63, 3.8) is 0 Å². The van der Waals surface area contributed by atoms with E-state index in [4.69, 9.17) is 0 Å². The monoisotopic (exact) mass is 298 g/mol. The second-order valence-corrected chi connectivity index (χ2v) is 7.55. The number of rotatable bonds is 8. The maximum absolute atomic E-state index is 11.3. The summed E-state index contributed by atoms with van der Waals surface area (Å²) in [7, 11) is -0.991. The first-order valence-corrected chi connectivity index (χ1v) is 9.12. The molecule has 0 saturated carbocycles. The third kappa shape index (κ3) is 5.51.